The predicted octanol–water partition coefficient (Wildman–Crippen LogP) is 3.15. The largest absolute Gasteiger partial charge is 0.573 e. The molecule has 0 aromatic heterocycles. The Morgan fingerprint density at radius 3 is 2.22 bits per heavy atom. The molecule has 0 aliphatic heterocycles. The first kappa shape index (κ1) is 25.3. The monoisotopic (exact) mass is 476 g/mol. The van der Waals surface area contributed by atoms with E-state index >= 15 is 0 Å². The highest BCUT2D eigenvalue weighted by Gasteiger charge is 2.31. The summed E-state index contributed by atoms with van der Waals surface area (Å²) in [5.74, 6) is 0.108. The third kappa shape index (κ3) is 7.31. The molecule has 2 N–H and O–H groups in total. The smallest absolute Gasteiger partial charge is 0.493 e. The maximum absolute atomic E-state index is 12.3. The Morgan fingerprint density at radius 2 is 1.66 bits per heavy atom. The second kappa shape index (κ2) is 10.6. The van der Waals surface area contributed by atoms with Gasteiger partial charge in [0, 0.05) is 13.0 Å². The molecule has 0 radical (unpaired) electrons. The highest BCUT2D eigenvalue weighted by atomic mass is 32.2. The third-order valence-electron chi connectivity index (χ3n) is 4.30. The fourth-order valence-electron chi connectivity index (χ4n) is 2.72. The van der Waals surface area contributed by atoms with Crippen LogP contribution in [-0.4, -0.2) is 41.5 Å². The first-order valence-electron chi connectivity index (χ1n) is 9.32. The Labute approximate surface area is 183 Å². The van der Waals surface area contributed by atoms with E-state index in [1.54, 1.807) is 25.1 Å². The summed E-state index contributed by atoms with van der Waals surface area (Å²) in [6.45, 7) is 1.56. The quantitative estimate of drug-likeness (QED) is 0.546. The number of nitrogens with one attached hydrogen (secondary N) is 2. The van der Waals surface area contributed by atoms with Crippen LogP contribution in [0.15, 0.2) is 47.4 Å². The maximum atomic E-state index is 12.3. The molecule has 1 amide bonds. The van der Waals surface area contributed by atoms with Gasteiger partial charge in [0.05, 0.1) is 25.2 Å². The van der Waals surface area contributed by atoms with E-state index in [0.29, 0.717) is 11.5 Å². The van der Waals surface area contributed by atoms with Crippen LogP contribution in [0.4, 0.5) is 13.2 Å². The number of amides is 1. The van der Waals surface area contributed by atoms with E-state index in [0.717, 1.165) is 29.8 Å². The van der Waals surface area contributed by atoms with Gasteiger partial charge in [-0.25, -0.2) is 13.1 Å². The van der Waals surface area contributed by atoms with E-state index in [4.69, 9.17) is 9.47 Å². The van der Waals surface area contributed by atoms with Gasteiger partial charge in [0.15, 0.2) is 11.5 Å². The van der Waals surface area contributed by atoms with Crippen LogP contribution in [0.5, 0.6) is 17.2 Å². The average molecular weight is 476 g/mol. The van der Waals surface area contributed by atoms with Crippen LogP contribution in [0.25, 0.3) is 0 Å². The number of halogens is 3. The van der Waals surface area contributed by atoms with Gasteiger partial charge in [0.2, 0.25) is 15.9 Å². The molecular formula is C20H23F3N2O6S. The fraction of sp³-hybridized carbons (Fsp3) is 0.350. The second-order valence-electron chi connectivity index (χ2n) is 6.57. The Bertz CT molecular complexity index is 1030. The van der Waals surface area contributed by atoms with Crippen molar-refractivity contribution >= 4 is 15.9 Å². The summed E-state index contributed by atoms with van der Waals surface area (Å²) >= 11 is 0. The van der Waals surface area contributed by atoms with Crippen LogP contribution in [0, 0.1) is 0 Å². The standard InChI is InChI=1S/C20H23F3N2O6S/c1-13(14-4-9-17(29-2)18(12-14)30-3)25-19(26)10-11-24-32(27,28)16-7-5-15(6-8-16)31-20(21,22)23/h4-9,12-13,24H,10-11H2,1-3H3,(H,25,26). The van der Waals surface area contributed by atoms with Gasteiger partial charge in [-0.15, -0.1) is 13.2 Å². The van der Waals surface area contributed by atoms with Gasteiger partial charge >= 0.3 is 6.36 Å². The zero-order valence-corrected chi connectivity index (χ0v) is 18.3. The zero-order chi connectivity index (χ0) is 23.9. The molecule has 2 aromatic carbocycles. The lowest BCUT2D eigenvalue weighted by atomic mass is 10.1. The summed E-state index contributed by atoms with van der Waals surface area (Å²) in [4.78, 5) is 11.9. The molecule has 12 heteroatoms. The number of methoxy groups -OCH3 is 2. The lowest BCUT2D eigenvalue weighted by Gasteiger charge is -2.16. The Kier molecular flexibility index (Phi) is 8.33. The lowest BCUT2D eigenvalue weighted by Crippen LogP contribution is -2.32. The van der Waals surface area contributed by atoms with Gasteiger partial charge in [-0.2, -0.15) is 0 Å². The number of hydrogen-bond acceptors (Lipinski definition) is 6. The van der Waals surface area contributed by atoms with Crippen molar-refractivity contribution < 1.29 is 40.6 Å². The molecule has 32 heavy (non-hydrogen) atoms. The molecule has 2 aromatic rings. The Hall–Kier alpha value is -2.99. The number of alkyl halides is 3. The summed E-state index contributed by atoms with van der Waals surface area (Å²) in [5, 5.41) is 2.75. The molecule has 1 atom stereocenters. The molecule has 0 bridgehead atoms. The van der Waals surface area contributed by atoms with Crippen LogP contribution >= 0.6 is 0 Å². The molecule has 0 aliphatic carbocycles. The molecular weight excluding hydrogens is 453 g/mol. The van der Waals surface area contributed by atoms with Gasteiger partial charge < -0.3 is 19.5 Å². The Balaban J connectivity index is 1.89. The first-order chi connectivity index (χ1) is 14.9. The molecule has 0 spiro atoms. The minimum atomic E-state index is -4.87. The van der Waals surface area contributed by atoms with Crippen molar-refractivity contribution in [3.63, 3.8) is 0 Å². The van der Waals surface area contributed by atoms with Gasteiger partial charge in [-0.1, -0.05) is 6.07 Å². The number of rotatable bonds is 10. The van der Waals surface area contributed by atoms with Crippen LogP contribution in [0.1, 0.15) is 24.9 Å². The topological polar surface area (TPSA) is 103 Å². The SMILES string of the molecule is COc1ccc(C(C)NC(=O)CCNS(=O)(=O)c2ccc(OC(F)(F)F)cc2)cc1OC. The number of carbonyl (C=O) groups excluding carboxylic acids is 1. The van der Waals surface area contributed by atoms with E-state index in [1.807, 2.05) is 0 Å². The number of benzene rings is 2. The minimum absolute atomic E-state index is 0.147. The van der Waals surface area contributed by atoms with Crippen LogP contribution in [-0.2, 0) is 14.8 Å². The molecule has 0 saturated carbocycles. The maximum Gasteiger partial charge on any atom is 0.573 e. The molecule has 0 heterocycles. The molecule has 0 aliphatic rings. The summed E-state index contributed by atoms with van der Waals surface area (Å²) < 4.78 is 77.4. The van der Waals surface area contributed by atoms with Crippen molar-refractivity contribution in [3.05, 3.63) is 48.0 Å². The molecule has 0 fully saturated rings. The van der Waals surface area contributed by atoms with Crippen LogP contribution < -0.4 is 24.2 Å². The van der Waals surface area contributed by atoms with Crippen molar-refractivity contribution in [3.8, 4) is 17.2 Å². The van der Waals surface area contributed by atoms with Gasteiger partial charge in [-0.3, -0.25) is 4.79 Å². The molecule has 1 unspecified atom stereocenters. The van der Waals surface area contributed by atoms with Crippen molar-refractivity contribution in [1.29, 1.82) is 0 Å². The summed E-state index contributed by atoms with van der Waals surface area (Å²) in [6, 6.07) is 8.54. The number of sulfonamides is 1. The zero-order valence-electron chi connectivity index (χ0n) is 17.5. The number of hydrogen-bond donors (Lipinski definition) is 2. The number of carbonyl (C=O) groups is 1. The summed E-state index contributed by atoms with van der Waals surface area (Å²) in [6.07, 6.45) is -5.02. The highest BCUT2D eigenvalue weighted by Crippen LogP contribution is 2.30. The summed E-state index contributed by atoms with van der Waals surface area (Å²) in [5.41, 5.74) is 0.762. The average Bonchev–Trinajstić information content (AvgIpc) is 2.72. The third-order valence-corrected chi connectivity index (χ3v) is 5.77. The van der Waals surface area contributed by atoms with Gasteiger partial charge in [0.1, 0.15) is 5.75 Å². The summed E-state index contributed by atoms with van der Waals surface area (Å²) in [7, 11) is -1.01. The molecule has 0 saturated heterocycles. The fourth-order valence-corrected chi connectivity index (χ4v) is 3.75. The van der Waals surface area contributed by atoms with Crippen molar-refractivity contribution in [2.24, 2.45) is 0 Å². The van der Waals surface area contributed by atoms with Gasteiger partial charge in [-0.05, 0) is 48.9 Å². The Morgan fingerprint density at radius 1 is 1.03 bits per heavy atom. The van der Waals surface area contributed by atoms with Crippen molar-refractivity contribution in [2.75, 3.05) is 20.8 Å². The minimum Gasteiger partial charge on any atom is -0.493 e. The van der Waals surface area contributed by atoms with Crippen LogP contribution in [0.3, 0.4) is 0 Å². The lowest BCUT2D eigenvalue weighted by molar-refractivity contribution is -0.274. The second-order valence-corrected chi connectivity index (χ2v) is 8.34. The van der Waals surface area contributed by atoms with E-state index in [2.05, 4.69) is 14.8 Å². The van der Waals surface area contributed by atoms with E-state index in [9.17, 15) is 26.4 Å². The molecule has 176 valence electrons. The molecule has 2 rings (SSSR count). The number of ether oxygens (including phenoxy) is 3. The van der Waals surface area contributed by atoms with Crippen molar-refractivity contribution in [1.82, 2.24) is 10.0 Å². The predicted molar refractivity (Wildman–Crippen MR) is 109 cm³/mol. The highest BCUT2D eigenvalue weighted by molar-refractivity contribution is 7.89. The van der Waals surface area contributed by atoms with E-state index in [1.165, 1.54) is 14.2 Å². The van der Waals surface area contributed by atoms with Gasteiger partial charge in [0.25, 0.3) is 0 Å². The first-order valence-corrected chi connectivity index (χ1v) is 10.8. The van der Waals surface area contributed by atoms with E-state index < -0.39 is 28.0 Å². The normalized spacial score (nSPS) is 12.7. The van der Waals surface area contributed by atoms with Crippen molar-refractivity contribution in [2.45, 2.75) is 30.6 Å². The van der Waals surface area contributed by atoms with E-state index in [-0.39, 0.29) is 23.9 Å². The molecule has 8 nitrogen and oxygen atoms in total. The van der Waals surface area contributed by atoms with Crippen LogP contribution in [0.2, 0.25) is 0 Å².